The Hall–Kier alpha value is -3.68. The third-order valence-corrected chi connectivity index (χ3v) is 4.26. The van der Waals surface area contributed by atoms with E-state index in [1.54, 1.807) is 12.3 Å². The third kappa shape index (κ3) is 4.30. The summed E-state index contributed by atoms with van der Waals surface area (Å²) >= 11 is 0. The highest BCUT2D eigenvalue weighted by atomic mass is 16.6. The van der Waals surface area contributed by atoms with E-state index >= 15 is 0 Å². The van der Waals surface area contributed by atoms with Crippen LogP contribution in [0.15, 0.2) is 54.7 Å². The number of aromatic nitrogens is 1. The molecule has 8 nitrogen and oxygen atoms in total. The summed E-state index contributed by atoms with van der Waals surface area (Å²) in [6, 6.07) is 12.6. The van der Waals surface area contributed by atoms with Crippen LogP contribution in [0.4, 0.5) is 5.69 Å². The van der Waals surface area contributed by atoms with Crippen molar-refractivity contribution >= 4 is 28.4 Å². The van der Waals surface area contributed by atoms with Gasteiger partial charge in [0.05, 0.1) is 11.3 Å². The van der Waals surface area contributed by atoms with E-state index in [2.05, 4.69) is 10.3 Å². The first-order valence-corrected chi connectivity index (χ1v) is 8.31. The van der Waals surface area contributed by atoms with Gasteiger partial charge < -0.3 is 16.0 Å². The smallest absolute Gasteiger partial charge is 0.269 e. The highest BCUT2D eigenvalue weighted by Crippen LogP contribution is 2.19. The number of primary amides is 1. The Morgan fingerprint density at radius 3 is 2.70 bits per heavy atom. The van der Waals surface area contributed by atoms with Crippen molar-refractivity contribution in [1.82, 2.24) is 10.3 Å². The number of nitrogens with two attached hydrogens (primary N) is 1. The fourth-order valence-electron chi connectivity index (χ4n) is 2.95. The number of benzene rings is 2. The summed E-state index contributed by atoms with van der Waals surface area (Å²) in [5, 5.41) is 14.4. The number of nitro benzene ring substituents is 1. The topological polar surface area (TPSA) is 131 Å². The number of nitrogens with zero attached hydrogens (tertiary/aromatic N) is 1. The molecular weight excluding hydrogens is 348 g/mol. The van der Waals surface area contributed by atoms with E-state index in [0.717, 1.165) is 16.5 Å². The summed E-state index contributed by atoms with van der Waals surface area (Å²) in [7, 11) is 0. The van der Waals surface area contributed by atoms with Crippen molar-refractivity contribution in [2.24, 2.45) is 5.73 Å². The molecular formula is C19H18N4O4. The largest absolute Gasteiger partial charge is 0.368 e. The number of carbonyl (C=O) groups excluding carboxylic acids is 2. The lowest BCUT2D eigenvalue weighted by Crippen LogP contribution is -2.46. The van der Waals surface area contributed by atoms with E-state index in [-0.39, 0.29) is 18.5 Å². The monoisotopic (exact) mass is 366 g/mol. The fourth-order valence-corrected chi connectivity index (χ4v) is 2.95. The van der Waals surface area contributed by atoms with Gasteiger partial charge in [0.25, 0.3) is 5.69 Å². The van der Waals surface area contributed by atoms with Crippen LogP contribution in [-0.4, -0.2) is 27.8 Å². The van der Waals surface area contributed by atoms with E-state index in [9.17, 15) is 19.7 Å². The van der Waals surface area contributed by atoms with Gasteiger partial charge in [-0.1, -0.05) is 30.3 Å². The Morgan fingerprint density at radius 2 is 1.96 bits per heavy atom. The molecule has 0 aliphatic carbocycles. The van der Waals surface area contributed by atoms with E-state index in [1.807, 2.05) is 24.3 Å². The first-order chi connectivity index (χ1) is 12.9. The maximum Gasteiger partial charge on any atom is 0.269 e. The molecule has 0 spiro atoms. The van der Waals surface area contributed by atoms with Gasteiger partial charge in [-0.25, -0.2) is 0 Å². The Bertz CT molecular complexity index is 1010. The first-order valence-electron chi connectivity index (χ1n) is 8.31. The second-order valence-electron chi connectivity index (χ2n) is 6.19. The molecule has 0 radical (unpaired) electrons. The molecule has 3 aromatic rings. The lowest BCUT2D eigenvalue weighted by Gasteiger charge is -2.15. The summed E-state index contributed by atoms with van der Waals surface area (Å²) < 4.78 is 0. The number of para-hydroxylation sites is 1. The predicted octanol–water partition coefficient (Wildman–Crippen LogP) is 1.83. The number of aromatic amines is 1. The summed E-state index contributed by atoms with van der Waals surface area (Å²) in [5.74, 6) is -1.08. The van der Waals surface area contributed by atoms with E-state index in [0.29, 0.717) is 5.56 Å². The molecule has 1 aromatic heterocycles. The van der Waals surface area contributed by atoms with E-state index < -0.39 is 22.8 Å². The molecule has 3 rings (SSSR count). The normalized spacial score (nSPS) is 11.9. The number of fused-ring (bicyclic) bond motifs is 1. The van der Waals surface area contributed by atoms with Gasteiger partial charge in [0.2, 0.25) is 11.8 Å². The zero-order valence-electron chi connectivity index (χ0n) is 14.3. The number of hydrogen-bond acceptors (Lipinski definition) is 4. The van der Waals surface area contributed by atoms with Crippen LogP contribution >= 0.6 is 0 Å². The van der Waals surface area contributed by atoms with Gasteiger partial charge in [-0.15, -0.1) is 0 Å². The number of carbonyl (C=O) groups is 2. The zero-order chi connectivity index (χ0) is 19.4. The second kappa shape index (κ2) is 7.69. The molecule has 0 fully saturated rings. The Balaban J connectivity index is 1.71. The number of amides is 2. The van der Waals surface area contributed by atoms with Gasteiger partial charge in [-0.3, -0.25) is 19.7 Å². The highest BCUT2D eigenvalue weighted by Gasteiger charge is 2.20. The van der Waals surface area contributed by atoms with Crippen molar-refractivity contribution in [3.8, 4) is 0 Å². The molecule has 1 heterocycles. The minimum absolute atomic E-state index is 0.0840. The van der Waals surface area contributed by atoms with Crippen LogP contribution < -0.4 is 11.1 Å². The fraction of sp³-hybridized carbons (Fsp3) is 0.158. The van der Waals surface area contributed by atoms with Gasteiger partial charge in [0, 0.05) is 35.7 Å². The standard InChI is InChI=1S/C19H18N4O4/c20-19(25)17(10-13-11-21-16-7-2-1-6-15(13)16)22-18(24)9-12-4-3-5-14(8-12)23(26)27/h1-8,11,17,21H,9-10H2,(H2,20,25)(H,22,24)/t17-/m0/s1. The number of nitrogens with one attached hydrogen (secondary N) is 2. The van der Waals surface area contributed by atoms with Gasteiger partial charge >= 0.3 is 0 Å². The van der Waals surface area contributed by atoms with Crippen molar-refractivity contribution in [1.29, 1.82) is 0 Å². The van der Waals surface area contributed by atoms with Crippen molar-refractivity contribution in [3.05, 3.63) is 76.0 Å². The minimum atomic E-state index is -0.879. The molecule has 0 saturated heterocycles. The van der Waals surface area contributed by atoms with Crippen LogP contribution in [-0.2, 0) is 22.4 Å². The minimum Gasteiger partial charge on any atom is -0.368 e. The van der Waals surface area contributed by atoms with Crippen LogP contribution in [0.2, 0.25) is 0 Å². The molecule has 4 N–H and O–H groups in total. The number of hydrogen-bond donors (Lipinski definition) is 3. The Morgan fingerprint density at radius 1 is 1.19 bits per heavy atom. The quantitative estimate of drug-likeness (QED) is 0.435. The van der Waals surface area contributed by atoms with Gasteiger partial charge in [0.15, 0.2) is 0 Å². The average molecular weight is 366 g/mol. The number of nitro groups is 1. The van der Waals surface area contributed by atoms with Crippen LogP contribution in [0.5, 0.6) is 0 Å². The molecule has 0 bridgehead atoms. The number of non-ortho nitro benzene ring substituents is 1. The Kier molecular flexibility index (Phi) is 5.16. The molecule has 138 valence electrons. The van der Waals surface area contributed by atoms with Crippen LogP contribution in [0, 0.1) is 10.1 Å². The molecule has 0 aliphatic heterocycles. The molecule has 2 aromatic carbocycles. The summed E-state index contributed by atoms with van der Waals surface area (Å²) in [5.41, 5.74) is 7.64. The van der Waals surface area contributed by atoms with Crippen molar-refractivity contribution in [2.45, 2.75) is 18.9 Å². The molecule has 0 saturated carbocycles. The predicted molar refractivity (Wildman–Crippen MR) is 99.9 cm³/mol. The van der Waals surface area contributed by atoms with Crippen LogP contribution in [0.3, 0.4) is 0 Å². The van der Waals surface area contributed by atoms with Crippen molar-refractivity contribution in [2.75, 3.05) is 0 Å². The summed E-state index contributed by atoms with van der Waals surface area (Å²) in [6.07, 6.45) is 1.95. The molecule has 2 amide bonds. The summed E-state index contributed by atoms with van der Waals surface area (Å²) in [4.78, 5) is 37.5. The van der Waals surface area contributed by atoms with Gasteiger partial charge in [0.1, 0.15) is 6.04 Å². The maximum atomic E-state index is 12.3. The summed E-state index contributed by atoms with van der Waals surface area (Å²) in [6.45, 7) is 0. The number of rotatable bonds is 7. The van der Waals surface area contributed by atoms with Crippen molar-refractivity contribution < 1.29 is 14.5 Å². The lowest BCUT2D eigenvalue weighted by molar-refractivity contribution is -0.384. The van der Waals surface area contributed by atoms with E-state index in [4.69, 9.17) is 5.73 Å². The molecule has 0 unspecified atom stereocenters. The maximum absolute atomic E-state index is 12.3. The third-order valence-electron chi connectivity index (χ3n) is 4.26. The Labute approximate surface area is 154 Å². The highest BCUT2D eigenvalue weighted by molar-refractivity contribution is 5.89. The molecule has 0 aliphatic rings. The molecule has 8 heteroatoms. The first kappa shape index (κ1) is 18.1. The second-order valence-corrected chi connectivity index (χ2v) is 6.19. The SMILES string of the molecule is NC(=O)[C@H](Cc1c[nH]c2ccccc12)NC(=O)Cc1cccc([N+](=O)[O-])c1. The molecule has 1 atom stereocenters. The van der Waals surface area contributed by atoms with Crippen molar-refractivity contribution in [3.63, 3.8) is 0 Å². The van der Waals surface area contributed by atoms with Gasteiger partial charge in [-0.2, -0.15) is 0 Å². The molecule has 27 heavy (non-hydrogen) atoms. The zero-order valence-corrected chi connectivity index (χ0v) is 14.3. The van der Waals surface area contributed by atoms with E-state index in [1.165, 1.54) is 18.2 Å². The lowest BCUT2D eigenvalue weighted by atomic mass is 10.0. The van der Waals surface area contributed by atoms with Crippen LogP contribution in [0.1, 0.15) is 11.1 Å². The average Bonchev–Trinajstić information content (AvgIpc) is 3.04. The van der Waals surface area contributed by atoms with Gasteiger partial charge in [-0.05, 0) is 17.2 Å². The number of H-pyrrole nitrogens is 1. The van der Waals surface area contributed by atoms with Crippen LogP contribution in [0.25, 0.3) is 10.9 Å².